The molecule has 0 radical (unpaired) electrons. The highest BCUT2D eigenvalue weighted by Gasteiger charge is 2.53. The van der Waals surface area contributed by atoms with Gasteiger partial charge in [0.2, 0.25) is 5.71 Å². The molecule has 0 aromatic heterocycles. The van der Waals surface area contributed by atoms with Crippen LogP contribution in [0, 0.1) is 0 Å². The SMILES string of the molecule is O=C(N=C(C(F)(F)F)C(F)(F)F)c1ccc(Cl)cc1. The molecule has 0 aliphatic carbocycles. The maximum absolute atomic E-state index is 12.1. The molecule has 0 fully saturated rings. The van der Waals surface area contributed by atoms with Crippen molar-refractivity contribution in [3.05, 3.63) is 34.9 Å². The molecule has 0 saturated carbocycles. The predicted octanol–water partition coefficient (Wildman–Crippen LogP) is 4.05. The maximum Gasteiger partial charge on any atom is 0.438 e. The van der Waals surface area contributed by atoms with Crippen LogP contribution in [-0.4, -0.2) is 24.0 Å². The summed E-state index contributed by atoms with van der Waals surface area (Å²) in [4.78, 5) is 13.3. The number of hydrogen-bond acceptors (Lipinski definition) is 1. The van der Waals surface area contributed by atoms with E-state index in [1.54, 1.807) is 0 Å². The summed E-state index contributed by atoms with van der Waals surface area (Å²) in [6, 6.07) is 4.23. The molecule has 1 rings (SSSR count). The zero-order valence-corrected chi connectivity index (χ0v) is 9.57. The third-order valence-electron chi connectivity index (χ3n) is 1.84. The van der Waals surface area contributed by atoms with Gasteiger partial charge < -0.3 is 0 Å². The Labute approximate surface area is 107 Å². The Kier molecular flexibility index (Phi) is 4.24. The topological polar surface area (TPSA) is 29.4 Å². The molecule has 1 aromatic carbocycles. The Bertz CT molecular complexity index is 486. The molecule has 0 aliphatic heterocycles. The van der Waals surface area contributed by atoms with Gasteiger partial charge in [0.1, 0.15) is 0 Å². The van der Waals surface area contributed by atoms with E-state index in [1.807, 2.05) is 0 Å². The van der Waals surface area contributed by atoms with Gasteiger partial charge in [0.05, 0.1) is 0 Å². The fraction of sp³-hybridized carbons (Fsp3) is 0.200. The normalized spacial score (nSPS) is 12.2. The van der Waals surface area contributed by atoms with Gasteiger partial charge in [-0.15, -0.1) is 0 Å². The number of aliphatic imine (C=N–C) groups is 1. The number of alkyl halides is 6. The van der Waals surface area contributed by atoms with Crippen LogP contribution >= 0.6 is 11.6 Å². The average molecular weight is 304 g/mol. The van der Waals surface area contributed by atoms with Gasteiger partial charge in [0, 0.05) is 10.6 Å². The Balaban J connectivity index is 3.17. The molecule has 9 heteroatoms. The lowest BCUT2D eigenvalue weighted by Gasteiger charge is -2.12. The molecule has 0 bridgehead atoms. The van der Waals surface area contributed by atoms with Crippen molar-refractivity contribution in [1.29, 1.82) is 0 Å². The molecule has 104 valence electrons. The van der Waals surface area contributed by atoms with E-state index >= 15 is 0 Å². The first-order valence-electron chi connectivity index (χ1n) is 4.55. The van der Waals surface area contributed by atoms with Crippen molar-refractivity contribution in [2.75, 3.05) is 0 Å². The minimum atomic E-state index is -5.76. The number of amides is 1. The van der Waals surface area contributed by atoms with Crippen LogP contribution in [0.4, 0.5) is 26.3 Å². The Hall–Kier alpha value is -1.57. The van der Waals surface area contributed by atoms with Gasteiger partial charge in [0.15, 0.2) is 0 Å². The predicted molar refractivity (Wildman–Crippen MR) is 55.3 cm³/mol. The van der Waals surface area contributed by atoms with Crippen LogP contribution < -0.4 is 0 Å². The maximum atomic E-state index is 12.1. The highest BCUT2D eigenvalue weighted by molar-refractivity contribution is 6.30. The van der Waals surface area contributed by atoms with Crippen LogP contribution in [0.5, 0.6) is 0 Å². The molecule has 0 aliphatic rings. The fourth-order valence-corrected chi connectivity index (χ4v) is 1.17. The van der Waals surface area contributed by atoms with Crippen LogP contribution in [-0.2, 0) is 0 Å². The smallest absolute Gasteiger partial charge is 0.267 e. The average Bonchev–Trinajstić information content (AvgIpc) is 2.23. The zero-order valence-electron chi connectivity index (χ0n) is 8.81. The van der Waals surface area contributed by atoms with Crippen molar-refractivity contribution in [3.8, 4) is 0 Å². The quantitative estimate of drug-likeness (QED) is 0.568. The molecule has 19 heavy (non-hydrogen) atoms. The minimum absolute atomic E-state index is 0.174. The van der Waals surface area contributed by atoms with Crippen molar-refractivity contribution in [2.24, 2.45) is 4.99 Å². The van der Waals surface area contributed by atoms with Crippen LogP contribution in [0.15, 0.2) is 29.3 Å². The lowest BCUT2D eigenvalue weighted by molar-refractivity contribution is -0.117. The van der Waals surface area contributed by atoms with Crippen LogP contribution in [0.25, 0.3) is 0 Å². The second-order valence-electron chi connectivity index (χ2n) is 3.27. The van der Waals surface area contributed by atoms with Crippen molar-refractivity contribution in [3.63, 3.8) is 0 Å². The standard InChI is InChI=1S/C10H4ClF6NO/c11-6-3-1-5(2-4-6)7(19)18-8(9(12,13)14)10(15,16)17/h1-4H. The van der Waals surface area contributed by atoms with Gasteiger partial charge in [-0.2, -0.15) is 31.3 Å². The monoisotopic (exact) mass is 303 g/mol. The molecular formula is C10H4ClF6NO. The van der Waals surface area contributed by atoms with Crippen molar-refractivity contribution >= 4 is 23.2 Å². The van der Waals surface area contributed by atoms with Gasteiger partial charge >= 0.3 is 12.4 Å². The van der Waals surface area contributed by atoms with Crippen molar-refractivity contribution in [2.45, 2.75) is 12.4 Å². The van der Waals surface area contributed by atoms with E-state index in [2.05, 4.69) is 4.99 Å². The first-order valence-corrected chi connectivity index (χ1v) is 4.92. The van der Waals surface area contributed by atoms with E-state index in [4.69, 9.17) is 11.6 Å². The molecule has 0 unspecified atom stereocenters. The Morgan fingerprint density at radius 3 is 1.74 bits per heavy atom. The van der Waals surface area contributed by atoms with Crippen LogP contribution in [0.3, 0.4) is 0 Å². The first kappa shape index (κ1) is 15.5. The summed E-state index contributed by atoms with van der Waals surface area (Å²) < 4.78 is 72.8. The van der Waals surface area contributed by atoms with E-state index in [9.17, 15) is 31.1 Å². The summed E-state index contributed by atoms with van der Waals surface area (Å²) in [5.74, 6) is -1.65. The summed E-state index contributed by atoms with van der Waals surface area (Å²) >= 11 is 5.46. The first-order chi connectivity index (χ1) is 8.51. The van der Waals surface area contributed by atoms with E-state index < -0.39 is 29.5 Å². The van der Waals surface area contributed by atoms with Crippen LogP contribution in [0.2, 0.25) is 5.02 Å². The van der Waals surface area contributed by atoms with E-state index in [0.717, 1.165) is 24.3 Å². The number of rotatable bonds is 1. The number of hydrogen-bond donors (Lipinski definition) is 0. The Morgan fingerprint density at radius 2 is 1.37 bits per heavy atom. The number of halogens is 7. The number of carbonyl (C=O) groups is 1. The second-order valence-corrected chi connectivity index (χ2v) is 3.70. The summed E-state index contributed by atoms with van der Waals surface area (Å²) in [5.41, 5.74) is -3.53. The third kappa shape index (κ3) is 4.23. The molecule has 0 N–H and O–H groups in total. The molecule has 2 nitrogen and oxygen atoms in total. The lowest BCUT2D eigenvalue weighted by atomic mass is 10.2. The van der Waals surface area contributed by atoms with Gasteiger partial charge in [-0.1, -0.05) is 11.6 Å². The van der Waals surface area contributed by atoms with Crippen molar-refractivity contribution in [1.82, 2.24) is 0 Å². The van der Waals surface area contributed by atoms with Gasteiger partial charge in [-0.25, -0.2) is 0 Å². The highest BCUT2D eigenvalue weighted by atomic mass is 35.5. The zero-order chi connectivity index (χ0) is 14.8. The van der Waals surface area contributed by atoms with Crippen molar-refractivity contribution < 1.29 is 31.1 Å². The Morgan fingerprint density at radius 1 is 0.947 bits per heavy atom. The summed E-state index contributed by atoms with van der Waals surface area (Å²) in [7, 11) is 0. The van der Waals surface area contributed by atoms with Gasteiger partial charge in [-0.3, -0.25) is 4.79 Å². The molecular weight excluding hydrogens is 300 g/mol. The lowest BCUT2D eigenvalue weighted by Crippen LogP contribution is -2.37. The molecule has 0 heterocycles. The van der Waals surface area contributed by atoms with E-state index in [0.29, 0.717) is 0 Å². The number of nitrogens with zero attached hydrogens (tertiary/aromatic N) is 1. The molecule has 0 spiro atoms. The van der Waals surface area contributed by atoms with Gasteiger partial charge in [-0.05, 0) is 24.3 Å². The highest BCUT2D eigenvalue weighted by Crippen LogP contribution is 2.30. The number of benzene rings is 1. The molecule has 1 amide bonds. The van der Waals surface area contributed by atoms with Crippen LogP contribution in [0.1, 0.15) is 10.4 Å². The minimum Gasteiger partial charge on any atom is -0.267 e. The third-order valence-corrected chi connectivity index (χ3v) is 2.09. The molecule has 1 aromatic rings. The summed E-state index contributed by atoms with van der Waals surface area (Å²) in [5, 5.41) is 0.174. The summed E-state index contributed by atoms with van der Waals surface area (Å²) in [6.07, 6.45) is -11.5. The largest absolute Gasteiger partial charge is 0.438 e. The van der Waals surface area contributed by atoms with E-state index in [-0.39, 0.29) is 5.02 Å². The number of carbonyl (C=O) groups excluding carboxylic acids is 1. The fourth-order valence-electron chi connectivity index (χ4n) is 1.05. The molecule has 0 saturated heterocycles. The van der Waals surface area contributed by atoms with E-state index in [1.165, 1.54) is 0 Å². The second kappa shape index (κ2) is 5.20. The summed E-state index contributed by atoms with van der Waals surface area (Å²) in [6.45, 7) is 0. The van der Waals surface area contributed by atoms with Gasteiger partial charge in [0.25, 0.3) is 5.91 Å². The molecule has 0 atom stereocenters.